The number of carbonyl (C=O) groups excluding carboxylic acids is 1. The zero-order valence-electron chi connectivity index (χ0n) is 16.7. The van der Waals surface area contributed by atoms with Crippen LogP contribution in [0.1, 0.15) is 34.6 Å². The van der Waals surface area contributed by atoms with E-state index in [2.05, 4.69) is 20.1 Å². The second kappa shape index (κ2) is 6.51. The number of anilines is 1. The van der Waals surface area contributed by atoms with Gasteiger partial charge in [-0.1, -0.05) is 12.1 Å². The van der Waals surface area contributed by atoms with E-state index in [-0.39, 0.29) is 10.8 Å². The fraction of sp³-hybridized carbons (Fsp3) is 0.350. The number of benzene rings is 1. The topological polar surface area (TPSA) is 109 Å². The van der Waals surface area contributed by atoms with Crippen LogP contribution >= 0.6 is 0 Å². The Balaban J connectivity index is 1.39. The van der Waals surface area contributed by atoms with Gasteiger partial charge in [0.15, 0.2) is 5.65 Å². The van der Waals surface area contributed by atoms with Crippen LogP contribution in [0.2, 0.25) is 0 Å². The Hall–Kier alpha value is -2.98. The van der Waals surface area contributed by atoms with Crippen molar-refractivity contribution in [3.8, 4) is 0 Å². The average molecular weight is 427 g/mol. The molecule has 2 aliphatic rings. The molecule has 0 unspecified atom stereocenters. The van der Waals surface area contributed by atoms with Crippen LogP contribution in [0.4, 0.5) is 5.69 Å². The van der Waals surface area contributed by atoms with Gasteiger partial charge in [0.2, 0.25) is 10.0 Å². The van der Waals surface area contributed by atoms with Crippen molar-refractivity contribution < 1.29 is 13.2 Å². The normalized spacial score (nSPS) is 19.5. The van der Waals surface area contributed by atoms with Crippen molar-refractivity contribution in [2.24, 2.45) is 0 Å². The summed E-state index contributed by atoms with van der Waals surface area (Å²) >= 11 is 0. The van der Waals surface area contributed by atoms with E-state index < -0.39 is 15.7 Å². The summed E-state index contributed by atoms with van der Waals surface area (Å²) in [5.41, 5.74) is 2.54. The lowest BCUT2D eigenvalue weighted by atomic mass is 9.96. The number of hydrogen-bond acceptors (Lipinski definition) is 6. The van der Waals surface area contributed by atoms with E-state index >= 15 is 0 Å². The molecule has 0 radical (unpaired) electrons. The first-order valence-corrected chi connectivity index (χ1v) is 11.3. The number of piperidine rings is 1. The van der Waals surface area contributed by atoms with Crippen molar-refractivity contribution in [1.82, 2.24) is 24.2 Å². The highest BCUT2D eigenvalue weighted by atomic mass is 32.2. The molecule has 0 aliphatic carbocycles. The summed E-state index contributed by atoms with van der Waals surface area (Å²) in [4.78, 5) is 19.6. The van der Waals surface area contributed by atoms with Crippen molar-refractivity contribution in [2.45, 2.75) is 37.2 Å². The SMILES string of the molecule is Cc1cc(C)n2ncc(C(=O)N3CCC4(CC3)Nc3ccccc3S(=O)(=O)N4)c2n1. The maximum Gasteiger partial charge on any atom is 0.259 e. The number of aromatic nitrogens is 3. The summed E-state index contributed by atoms with van der Waals surface area (Å²) in [5, 5.41) is 7.65. The Morgan fingerprint density at radius 2 is 1.90 bits per heavy atom. The second-order valence-corrected chi connectivity index (χ2v) is 9.58. The van der Waals surface area contributed by atoms with E-state index in [1.54, 1.807) is 39.9 Å². The molecule has 2 N–H and O–H groups in total. The highest BCUT2D eigenvalue weighted by molar-refractivity contribution is 7.89. The van der Waals surface area contributed by atoms with Gasteiger partial charge in [-0.2, -0.15) is 9.82 Å². The van der Waals surface area contributed by atoms with E-state index in [1.807, 2.05) is 19.9 Å². The first-order valence-electron chi connectivity index (χ1n) is 9.80. The summed E-state index contributed by atoms with van der Waals surface area (Å²) in [6, 6.07) is 8.77. The molecule has 5 rings (SSSR count). The van der Waals surface area contributed by atoms with Gasteiger partial charge in [0.05, 0.1) is 11.9 Å². The number of fused-ring (bicyclic) bond motifs is 2. The van der Waals surface area contributed by atoms with Crippen molar-refractivity contribution in [1.29, 1.82) is 0 Å². The molecule has 0 saturated carbocycles. The van der Waals surface area contributed by atoms with Gasteiger partial charge in [-0.15, -0.1) is 0 Å². The van der Waals surface area contributed by atoms with Crippen LogP contribution in [-0.4, -0.2) is 52.6 Å². The Bertz CT molecular complexity index is 1270. The van der Waals surface area contributed by atoms with Crippen LogP contribution in [0.15, 0.2) is 41.4 Å². The van der Waals surface area contributed by atoms with E-state index in [4.69, 9.17) is 0 Å². The number of para-hydroxylation sites is 1. The number of carbonyl (C=O) groups is 1. The Morgan fingerprint density at radius 1 is 1.17 bits per heavy atom. The molecule has 1 fully saturated rings. The molecule has 1 saturated heterocycles. The molecule has 3 aromatic rings. The number of sulfonamides is 1. The number of amides is 1. The van der Waals surface area contributed by atoms with E-state index in [0.29, 0.717) is 42.8 Å². The molecule has 156 valence electrons. The summed E-state index contributed by atoms with van der Waals surface area (Å²) in [7, 11) is -3.61. The van der Waals surface area contributed by atoms with Crippen LogP contribution in [-0.2, 0) is 10.0 Å². The number of nitrogens with one attached hydrogen (secondary N) is 2. The zero-order valence-corrected chi connectivity index (χ0v) is 17.5. The quantitative estimate of drug-likeness (QED) is 0.613. The summed E-state index contributed by atoms with van der Waals surface area (Å²) in [5.74, 6) is -0.142. The van der Waals surface area contributed by atoms with Crippen molar-refractivity contribution in [3.05, 3.63) is 53.5 Å². The van der Waals surface area contributed by atoms with Crippen LogP contribution in [0.5, 0.6) is 0 Å². The third kappa shape index (κ3) is 2.94. The van der Waals surface area contributed by atoms with Gasteiger partial charge in [-0.25, -0.2) is 17.9 Å². The first kappa shape index (κ1) is 19.0. The van der Waals surface area contributed by atoms with Gasteiger partial charge in [0.1, 0.15) is 16.1 Å². The van der Waals surface area contributed by atoms with Crippen LogP contribution in [0, 0.1) is 13.8 Å². The molecule has 1 amide bonds. The second-order valence-electron chi connectivity index (χ2n) is 7.93. The summed E-state index contributed by atoms with van der Waals surface area (Å²) < 4.78 is 29.9. The molecule has 2 aliphatic heterocycles. The smallest absolute Gasteiger partial charge is 0.259 e. The van der Waals surface area contributed by atoms with Gasteiger partial charge in [0.25, 0.3) is 5.91 Å². The van der Waals surface area contributed by atoms with Gasteiger partial charge in [-0.3, -0.25) is 4.79 Å². The van der Waals surface area contributed by atoms with Crippen LogP contribution < -0.4 is 10.0 Å². The Morgan fingerprint density at radius 3 is 2.67 bits per heavy atom. The third-order valence-corrected chi connectivity index (χ3v) is 7.39. The first-order chi connectivity index (χ1) is 14.3. The van der Waals surface area contributed by atoms with E-state index in [1.165, 1.54) is 0 Å². The zero-order chi connectivity index (χ0) is 21.1. The molecule has 10 heteroatoms. The lowest BCUT2D eigenvalue weighted by Crippen LogP contribution is -2.62. The summed E-state index contributed by atoms with van der Waals surface area (Å²) in [6.45, 7) is 4.64. The van der Waals surface area contributed by atoms with Gasteiger partial charge in [-0.05, 0) is 32.0 Å². The number of rotatable bonds is 1. The molecule has 0 atom stereocenters. The predicted molar refractivity (Wildman–Crippen MR) is 111 cm³/mol. The molecule has 1 spiro atoms. The predicted octanol–water partition coefficient (Wildman–Crippen LogP) is 1.68. The summed E-state index contributed by atoms with van der Waals surface area (Å²) in [6.07, 6.45) is 2.47. The standard InChI is InChI=1S/C20H22N6O3S/c1-13-11-14(2)26-18(22-13)15(12-21-26)19(27)25-9-7-20(8-10-25)23-16-5-3-4-6-17(16)30(28,29)24-20/h3-6,11-12,23-24H,7-10H2,1-2H3. The molecule has 0 bridgehead atoms. The maximum atomic E-state index is 13.2. The largest absolute Gasteiger partial charge is 0.365 e. The molecule has 30 heavy (non-hydrogen) atoms. The molecular weight excluding hydrogens is 404 g/mol. The minimum atomic E-state index is -3.61. The number of likely N-dealkylation sites (tertiary alicyclic amines) is 1. The van der Waals surface area contributed by atoms with Crippen LogP contribution in [0.25, 0.3) is 5.65 Å². The third-order valence-electron chi connectivity index (χ3n) is 5.79. The molecule has 9 nitrogen and oxygen atoms in total. The fourth-order valence-corrected chi connectivity index (χ4v) is 5.86. The van der Waals surface area contributed by atoms with Crippen molar-refractivity contribution >= 4 is 27.3 Å². The fourth-order valence-electron chi connectivity index (χ4n) is 4.31. The lowest BCUT2D eigenvalue weighted by Gasteiger charge is -2.45. The average Bonchev–Trinajstić information content (AvgIpc) is 3.11. The minimum absolute atomic E-state index is 0.142. The molecule has 4 heterocycles. The maximum absolute atomic E-state index is 13.2. The van der Waals surface area contributed by atoms with Gasteiger partial charge in [0, 0.05) is 37.3 Å². The van der Waals surface area contributed by atoms with Gasteiger partial charge >= 0.3 is 0 Å². The highest BCUT2D eigenvalue weighted by Crippen LogP contribution is 2.35. The van der Waals surface area contributed by atoms with Crippen molar-refractivity contribution in [3.63, 3.8) is 0 Å². The van der Waals surface area contributed by atoms with E-state index in [9.17, 15) is 13.2 Å². The monoisotopic (exact) mass is 426 g/mol. The van der Waals surface area contributed by atoms with Gasteiger partial charge < -0.3 is 10.2 Å². The van der Waals surface area contributed by atoms with E-state index in [0.717, 1.165) is 11.4 Å². The minimum Gasteiger partial charge on any atom is -0.365 e. The Kier molecular flexibility index (Phi) is 4.13. The number of hydrogen-bond donors (Lipinski definition) is 2. The number of aryl methyl sites for hydroxylation is 2. The van der Waals surface area contributed by atoms with Crippen molar-refractivity contribution in [2.75, 3.05) is 18.4 Å². The molecule has 1 aromatic carbocycles. The van der Waals surface area contributed by atoms with Crippen LogP contribution in [0.3, 0.4) is 0 Å². The number of nitrogens with zero attached hydrogens (tertiary/aromatic N) is 4. The highest BCUT2D eigenvalue weighted by Gasteiger charge is 2.44. The lowest BCUT2D eigenvalue weighted by molar-refractivity contribution is 0.0677. The molecule has 2 aromatic heterocycles. The molecular formula is C20H22N6O3S. The Labute approximate surface area is 174 Å².